The number of hydrogen-bond donors (Lipinski definition) is 1. The Balaban J connectivity index is 1.07. The average Bonchev–Trinajstić information content (AvgIpc) is 3.05. The number of pyridine rings is 1. The molecule has 2 amide bonds. The third-order valence-electron chi connectivity index (χ3n) is 7.97. The summed E-state index contributed by atoms with van der Waals surface area (Å²) in [4.78, 5) is 47.4. The van der Waals surface area contributed by atoms with E-state index in [1.54, 1.807) is 17.0 Å². The first-order valence-corrected chi connectivity index (χ1v) is 14.3. The van der Waals surface area contributed by atoms with E-state index in [1.165, 1.54) is 18.3 Å². The second-order valence-electron chi connectivity index (χ2n) is 10.9. The molecule has 0 unspecified atom stereocenters. The van der Waals surface area contributed by atoms with E-state index in [4.69, 9.17) is 5.26 Å². The molecule has 0 saturated carbocycles. The number of piperidine rings is 1. The fourth-order valence-corrected chi connectivity index (χ4v) is 5.43. The molecule has 2 aromatic carbocycles. The highest BCUT2D eigenvalue weighted by Crippen LogP contribution is 2.24. The van der Waals surface area contributed by atoms with Crippen molar-refractivity contribution in [3.05, 3.63) is 94.8 Å². The molecule has 0 spiro atoms. The molecule has 3 aromatic rings. The summed E-state index contributed by atoms with van der Waals surface area (Å²) in [6, 6.07) is 18.1. The standard InChI is InChI=1S/C32H31F3N6O3/c33-32(34,35)29(42)24-5-8-27(9-6-24)40-15-17-41(18-16-40)31(44)25-7-10-28(37-20-25)30(43)38-26-11-13-39(14-12-26)21-23-3-1-22(19-36)2-4-23/h1-10,20,26H,11-18,21H2,(H,38,43). The summed E-state index contributed by atoms with van der Waals surface area (Å²) in [6.45, 7) is 4.20. The average molecular weight is 605 g/mol. The molecule has 0 atom stereocenters. The van der Waals surface area contributed by atoms with Crippen LogP contribution in [0.4, 0.5) is 18.9 Å². The van der Waals surface area contributed by atoms with E-state index in [2.05, 4.69) is 21.3 Å². The van der Waals surface area contributed by atoms with Crippen LogP contribution in [-0.4, -0.2) is 83.9 Å². The smallest absolute Gasteiger partial charge is 0.368 e. The monoisotopic (exact) mass is 604 g/mol. The number of amides is 2. The van der Waals surface area contributed by atoms with E-state index in [1.807, 2.05) is 29.2 Å². The van der Waals surface area contributed by atoms with Gasteiger partial charge in [-0.1, -0.05) is 12.1 Å². The maximum absolute atomic E-state index is 13.1. The Kier molecular flexibility index (Phi) is 9.25. The molecule has 228 valence electrons. The fraction of sp³-hybridized carbons (Fsp3) is 0.344. The number of likely N-dealkylation sites (tertiary alicyclic amines) is 1. The first-order chi connectivity index (χ1) is 21.1. The second kappa shape index (κ2) is 13.3. The van der Waals surface area contributed by atoms with Crippen molar-refractivity contribution in [2.75, 3.05) is 44.2 Å². The van der Waals surface area contributed by atoms with E-state index in [9.17, 15) is 27.6 Å². The molecule has 0 bridgehead atoms. The van der Waals surface area contributed by atoms with Crippen LogP contribution in [0.15, 0.2) is 66.9 Å². The molecular weight excluding hydrogens is 573 g/mol. The predicted molar refractivity (Wildman–Crippen MR) is 156 cm³/mol. The van der Waals surface area contributed by atoms with Gasteiger partial charge in [-0.25, -0.2) is 0 Å². The number of piperazine rings is 1. The van der Waals surface area contributed by atoms with Gasteiger partial charge in [0.2, 0.25) is 0 Å². The maximum atomic E-state index is 13.1. The normalized spacial score (nSPS) is 16.3. The summed E-state index contributed by atoms with van der Waals surface area (Å²) in [7, 11) is 0. The Labute approximate surface area is 252 Å². The Hall–Kier alpha value is -4.76. The molecule has 1 aromatic heterocycles. The van der Waals surface area contributed by atoms with Crippen LogP contribution in [0.2, 0.25) is 0 Å². The van der Waals surface area contributed by atoms with Crippen molar-refractivity contribution in [2.45, 2.75) is 31.6 Å². The van der Waals surface area contributed by atoms with Crippen molar-refractivity contribution >= 4 is 23.3 Å². The number of nitrogens with zero attached hydrogens (tertiary/aromatic N) is 5. The molecule has 12 heteroatoms. The largest absolute Gasteiger partial charge is 0.454 e. The highest BCUT2D eigenvalue weighted by molar-refractivity contribution is 6.00. The third-order valence-corrected chi connectivity index (χ3v) is 7.97. The number of rotatable bonds is 7. The van der Waals surface area contributed by atoms with Gasteiger partial charge in [0.25, 0.3) is 17.6 Å². The van der Waals surface area contributed by atoms with Crippen LogP contribution in [0.1, 0.15) is 55.2 Å². The number of aromatic nitrogens is 1. The molecular formula is C32H31F3N6O3. The number of carbonyl (C=O) groups excluding carboxylic acids is 3. The Morgan fingerprint density at radius 1 is 0.864 bits per heavy atom. The molecule has 3 heterocycles. The van der Waals surface area contributed by atoms with Crippen LogP contribution in [-0.2, 0) is 6.54 Å². The van der Waals surface area contributed by atoms with Gasteiger partial charge in [-0.3, -0.25) is 24.3 Å². The minimum Gasteiger partial charge on any atom is -0.368 e. The molecule has 2 aliphatic heterocycles. The Morgan fingerprint density at radius 2 is 1.50 bits per heavy atom. The maximum Gasteiger partial charge on any atom is 0.454 e. The van der Waals surface area contributed by atoms with E-state index < -0.39 is 17.5 Å². The lowest BCUT2D eigenvalue weighted by atomic mass is 10.0. The van der Waals surface area contributed by atoms with Gasteiger partial charge in [0.15, 0.2) is 0 Å². The van der Waals surface area contributed by atoms with Crippen molar-refractivity contribution in [1.29, 1.82) is 5.26 Å². The number of nitriles is 1. The van der Waals surface area contributed by atoms with Crippen molar-refractivity contribution < 1.29 is 27.6 Å². The number of halogens is 3. The summed E-state index contributed by atoms with van der Waals surface area (Å²) >= 11 is 0. The summed E-state index contributed by atoms with van der Waals surface area (Å²) in [5.41, 5.74) is 2.63. The minimum absolute atomic E-state index is 0.0282. The lowest BCUT2D eigenvalue weighted by Crippen LogP contribution is -2.48. The molecule has 2 saturated heterocycles. The van der Waals surface area contributed by atoms with E-state index in [0.717, 1.165) is 50.2 Å². The molecule has 9 nitrogen and oxygen atoms in total. The third kappa shape index (κ3) is 7.41. The van der Waals surface area contributed by atoms with Crippen LogP contribution in [0, 0.1) is 11.3 Å². The molecule has 44 heavy (non-hydrogen) atoms. The lowest BCUT2D eigenvalue weighted by molar-refractivity contribution is -0.0885. The summed E-state index contributed by atoms with van der Waals surface area (Å²) in [5, 5.41) is 12.0. The number of Topliss-reactive ketones (excluding diaryl/α,β-unsaturated/α-hetero) is 1. The van der Waals surface area contributed by atoms with Gasteiger partial charge in [-0.15, -0.1) is 0 Å². The summed E-state index contributed by atoms with van der Waals surface area (Å²) < 4.78 is 38.0. The molecule has 1 N–H and O–H groups in total. The van der Waals surface area contributed by atoms with Crippen LogP contribution in [0.5, 0.6) is 0 Å². The lowest BCUT2D eigenvalue weighted by Gasteiger charge is -2.36. The van der Waals surface area contributed by atoms with Crippen molar-refractivity contribution in [1.82, 2.24) is 20.1 Å². The number of ketones is 1. The zero-order chi connectivity index (χ0) is 31.3. The number of nitrogens with one attached hydrogen (secondary N) is 1. The van der Waals surface area contributed by atoms with Crippen LogP contribution in [0.3, 0.4) is 0 Å². The van der Waals surface area contributed by atoms with Gasteiger partial charge in [0.05, 0.1) is 17.2 Å². The molecule has 0 radical (unpaired) electrons. The number of hydrogen-bond acceptors (Lipinski definition) is 7. The van der Waals surface area contributed by atoms with Gasteiger partial charge in [0, 0.05) is 69.3 Å². The Morgan fingerprint density at radius 3 is 2.07 bits per heavy atom. The van der Waals surface area contributed by atoms with Crippen molar-refractivity contribution in [2.24, 2.45) is 0 Å². The number of carbonyl (C=O) groups is 3. The Bertz CT molecular complexity index is 1520. The molecule has 2 aliphatic rings. The van der Waals surface area contributed by atoms with Gasteiger partial charge in [-0.2, -0.15) is 18.4 Å². The van der Waals surface area contributed by atoms with Crippen molar-refractivity contribution in [3.8, 4) is 6.07 Å². The summed E-state index contributed by atoms with van der Waals surface area (Å²) in [6.07, 6.45) is -1.90. The second-order valence-corrected chi connectivity index (χ2v) is 10.9. The number of benzene rings is 2. The van der Waals surface area contributed by atoms with E-state index in [0.29, 0.717) is 43.0 Å². The number of alkyl halides is 3. The quantitative estimate of drug-likeness (QED) is 0.405. The zero-order valence-electron chi connectivity index (χ0n) is 23.9. The van der Waals surface area contributed by atoms with Crippen LogP contribution < -0.4 is 10.2 Å². The fourth-order valence-electron chi connectivity index (χ4n) is 5.43. The SMILES string of the molecule is N#Cc1ccc(CN2CCC(NC(=O)c3ccc(C(=O)N4CCN(c5ccc(C(=O)C(F)(F)F)cc5)CC4)cn3)CC2)cc1. The summed E-state index contributed by atoms with van der Waals surface area (Å²) in [5.74, 6) is -2.38. The topological polar surface area (TPSA) is 110 Å². The van der Waals surface area contributed by atoms with Gasteiger partial charge < -0.3 is 15.1 Å². The number of anilines is 1. The van der Waals surface area contributed by atoms with Crippen molar-refractivity contribution in [3.63, 3.8) is 0 Å². The molecule has 5 rings (SSSR count). The van der Waals surface area contributed by atoms with Gasteiger partial charge in [0.1, 0.15) is 5.69 Å². The molecule has 2 fully saturated rings. The predicted octanol–water partition coefficient (Wildman–Crippen LogP) is 4.06. The minimum atomic E-state index is -4.92. The van der Waals surface area contributed by atoms with Crippen LogP contribution in [0.25, 0.3) is 0 Å². The van der Waals surface area contributed by atoms with Gasteiger partial charge >= 0.3 is 6.18 Å². The van der Waals surface area contributed by atoms with E-state index in [-0.39, 0.29) is 23.6 Å². The van der Waals surface area contributed by atoms with E-state index >= 15 is 0 Å². The first-order valence-electron chi connectivity index (χ1n) is 14.3. The first kappa shape index (κ1) is 30.7. The highest BCUT2D eigenvalue weighted by Gasteiger charge is 2.39. The molecule has 0 aliphatic carbocycles. The highest BCUT2D eigenvalue weighted by atomic mass is 19.4. The van der Waals surface area contributed by atoms with Gasteiger partial charge in [-0.05, 0) is 66.9 Å². The zero-order valence-corrected chi connectivity index (χ0v) is 23.9. The van der Waals surface area contributed by atoms with Crippen LogP contribution >= 0.6 is 0 Å².